The molecule has 0 unspecified atom stereocenters. The van der Waals surface area contributed by atoms with Gasteiger partial charge in [-0.1, -0.05) is 57.0 Å². The number of nitrogens with zero attached hydrogens (tertiary/aromatic N) is 3. The standard InChI is InChI=1S/C34H45Cl2N5O3/c1-20-19-40(14-13-37-20)33(39-30-10-12-34(4,5)22(3)21(30)2)38-25-8-9-27-28(18-25)32(44)41(31(27)43)26(11-15-42)16-23-6-7-24(35)17-29(23)36/h6-9,17-18,20-22,26,30,37,42H,10-16,19H2,1-5H3,(H,38,39)/t20-,21-,22-,26+,30-/m0/s1. The number of piperazine rings is 1. The van der Waals surface area contributed by atoms with Crippen molar-refractivity contribution in [3.05, 3.63) is 63.1 Å². The SMILES string of the molecule is C[C@@H]1[C@@H](N=C(Nc2ccc3c(c2)C(=O)N([C@H](CCO)Cc2ccc(Cl)cc2Cl)C3=O)N2CCN[C@@H](C)C2)CCC(C)(C)[C@H]1C. The summed E-state index contributed by atoms with van der Waals surface area (Å²) in [6.45, 7) is 13.9. The van der Waals surface area contributed by atoms with Gasteiger partial charge in [0.25, 0.3) is 11.8 Å². The van der Waals surface area contributed by atoms with Crippen LogP contribution in [0.1, 0.15) is 80.2 Å². The third kappa shape index (κ3) is 6.79. The molecular weight excluding hydrogens is 597 g/mol. The molecule has 3 N–H and O–H groups in total. The highest BCUT2D eigenvalue weighted by atomic mass is 35.5. The quantitative estimate of drug-likeness (QED) is 0.192. The van der Waals surface area contributed by atoms with Gasteiger partial charge >= 0.3 is 0 Å². The summed E-state index contributed by atoms with van der Waals surface area (Å²) in [5, 5.41) is 17.9. The number of halogens is 2. The van der Waals surface area contributed by atoms with Crippen molar-refractivity contribution in [3.63, 3.8) is 0 Å². The van der Waals surface area contributed by atoms with Crippen LogP contribution in [0.15, 0.2) is 41.4 Å². The van der Waals surface area contributed by atoms with Crippen molar-refractivity contribution in [2.45, 2.75) is 78.4 Å². The van der Waals surface area contributed by atoms with E-state index in [1.165, 1.54) is 4.90 Å². The molecule has 8 nitrogen and oxygen atoms in total. The molecule has 1 saturated heterocycles. The molecule has 1 aliphatic carbocycles. The highest BCUT2D eigenvalue weighted by Gasteiger charge is 2.41. The maximum atomic E-state index is 13.8. The van der Waals surface area contributed by atoms with Crippen LogP contribution >= 0.6 is 23.2 Å². The van der Waals surface area contributed by atoms with Crippen molar-refractivity contribution in [1.29, 1.82) is 0 Å². The fraction of sp³-hybridized carbons (Fsp3) is 0.559. The maximum Gasteiger partial charge on any atom is 0.261 e. The summed E-state index contributed by atoms with van der Waals surface area (Å²) in [6, 6.07) is 10.5. The molecule has 0 aromatic heterocycles. The van der Waals surface area contributed by atoms with E-state index in [4.69, 9.17) is 28.2 Å². The van der Waals surface area contributed by atoms with E-state index in [1.54, 1.807) is 30.3 Å². The van der Waals surface area contributed by atoms with E-state index in [9.17, 15) is 14.7 Å². The van der Waals surface area contributed by atoms with E-state index in [-0.39, 0.29) is 36.3 Å². The largest absolute Gasteiger partial charge is 0.396 e. The van der Waals surface area contributed by atoms with Crippen LogP contribution in [0.4, 0.5) is 5.69 Å². The second-order valence-electron chi connectivity index (χ2n) is 13.5. The lowest BCUT2D eigenvalue weighted by Gasteiger charge is -2.44. The van der Waals surface area contributed by atoms with Crippen LogP contribution in [0, 0.1) is 17.3 Å². The first-order chi connectivity index (χ1) is 20.9. The Labute approximate surface area is 271 Å². The number of rotatable bonds is 7. The number of hydrogen-bond donors (Lipinski definition) is 3. The summed E-state index contributed by atoms with van der Waals surface area (Å²) in [4.78, 5) is 36.2. The van der Waals surface area contributed by atoms with Crippen molar-refractivity contribution in [3.8, 4) is 0 Å². The van der Waals surface area contributed by atoms with Gasteiger partial charge in [0.05, 0.1) is 17.2 Å². The van der Waals surface area contributed by atoms with Gasteiger partial charge in [0.15, 0.2) is 5.96 Å². The smallest absolute Gasteiger partial charge is 0.261 e. The average molecular weight is 643 g/mol. The van der Waals surface area contributed by atoms with Crippen LogP contribution in [-0.2, 0) is 6.42 Å². The van der Waals surface area contributed by atoms with Gasteiger partial charge in [-0.3, -0.25) is 14.5 Å². The van der Waals surface area contributed by atoms with E-state index in [1.807, 2.05) is 6.07 Å². The maximum absolute atomic E-state index is 13.8. The van der Waals surface area contributed by atoms with Crippen LogP contribution in [0.5, 0.6) is 0 Å². The highest BCUT2D eigenvalue weighted by Crippen LogP contribution is 2.44. The lowest BCUT2D eigenvalue weighted by Crippen LogP contribution is -2.53. The highest BCUT2D eigenvalue weighted by molar-refractivity contribution is 6.35. The van der Waals surface area contributed by atoms with Crippen molar-refractivity contribution in [2.75, 3.05) is 31.6 Å². The van der Waals surface area contributed by atoms with Crippen LogP contribution in [0.3, 0.4) is 0 Å². The van der Waals surface area contributed by atoms with E-state index in [0.717, 1.165) is 44.0 Å². The summed E-state index contributed by atoms with van der Waals surface area (Å²) in [7, 11) is 0. The zero-order chi connectivity index (χ0) is 31.8. The summed E-state index contributed by atoms with van der Waals surface area (Å²) in [5.41, 5.74) is 2.47. The Morgan fingerprint density at radius 2 is 1.86 bits per heavy atom. The van der Waals surface area contributed by atoms with E-state index >= 15 is 0 Å². The van der Waals surface area contributed by atoms with E-state index in [0.29, 0.717) is 51.2 Å². The van der Waals surface area contributed by atoms with Crippen molar-refractivity contribution in [1.82, 2.24) is 15.1 Å². The zero-order valence-corrected chi connectivity index (χ0v) is 27.9. The Kier molecular flexibility index (Phi) is 9.95. The summed E-state index contributed by atoms with van der Waals surface area (Å²) < 4.78 is 0. The minimum Gasteiger partial charge on any atom is -0.396 e. The van der Waals surface area contributed by atoms with Gasteiger partial charge in [0.1, 0.15) is 0 Å². The number of fused-ring (bicyclic) bond motifs is 1. The van der Waals surface area contributed by atoms with Crippen molar-refractivity contribution in [2.24, 2.45) is 22.2 Å². The molecule has 0 radical (unpaired) electrons. The van der Waals surface area contributed by atoms with E-state index < -0.39 is 6.04 Å². The first kappa shape index (κ1) is 32.7. The molecule has 2 aliphatic heterocycles. The number of guanidine groups is 1. The lowest BCUT2D eigenvalue weighted by molar-refractivity contribution is 0.0560. The number of aliphatic imine (C=N–C) groups is 1. The molecule has 5 rings (SSSR count). The second-order valence-corrected chi connectivity index (χ2v) is 14.3. The first-order valence-corrected chi connectivity index (χ1v) is 16.5. The number of imide groups is 1. The number of aliphatic hydroxyl groups excluding tert-OH is 1. The van der Waals surface area contributed by atoms with Gasteiger partial charge in [0, 0.05) is 54.1 Å². The Balaban J connectivity index is 1.41. The summed E-state index contributed by atoms with van der Waals surface area (Å²) in [5.74, 6) is 1.05. The normalized spacial score (nSPS) is 26.1. The third-order valence-corrected chi connectivity index (χ3v) is 10.7. The summed E-state index contributed by atoms with van der Waals surface area (Å²) in [6.07, 6.45) is 2.71. The molecule has 1 saturated carbocycles. The number of anilines is 1. The molecule has 44 heavy (non-hydrogen) atoms. The van der Waals surface area contributed by atoms with Crippen LogP contribution in [-0.4, -0.2) is 77.0 Å². The van der Waals surface area contributed by atoms with Crippen molar-refractivity contribution >= 4 is 46.7 Å². The van der Waals surface area contributed by atoms with Gasteiger partial charge in [-0.05, 0) is 85.8 Å². The molecule has 2 heterocycles. The van der Waals surface area contributed by atoms with Crippen molar-refractivity contribution < 1.29 is 14.7 Å². The number of carbonyl (C=O) groups is 2. The Bertz CT molecular complexity index is 1430. The average Bonchev–Trinajstić information content (AvgIpc) is 3.22. The monoisotopic (exact) mass is 641 g/mol. The third-order valence-electron chi connectivity index (χ3n) is 10.1. The number of hydrogen-bond acceptors (Lipinski definition) is 5. The fourth-order valence-electron chi connectivity index (χ4n) is 6.92. The predicted molar refractivity (Wildman–Crippen MR) is 178 cm³/mol. The lowest BCUT2D eigenvalue weighted by atomic mass is 9.63. The number of aliphatic hydroxyl groups is 1. The molecule has 2 aromatic carbocycles. The number of amides is 2. The Morgan fingerprint density at radius 1 is 1.11 bits per heavy atom. The van der Waals surface area contributed by atoms with Gasteiger partial charge in [0.2, 0.25) is 0 Å². The van der Waals surface area contributed by atoms with Crippen LogP contribution < -0.4 is 10.6 Å². The molecule has 0 spiro atoms. The minimum atomic E-state index is -0.555. The molecule has 0 bridgehead atoms. The van der Waals surface area contributed by atoms with Gasteiger partial charge in [-0.25, -0.2) is 4.99 Å². The fourth-order valence-corrected chi connectivity index (χ4v) is 7.41. The summed E-state index contributed by atoms with van der Waals surface area (Å²) >= 11 is 12.5. The van der Waals surface area contributed by atoms with Crippen LogP contribution in [0.2, 0.25) is 10.0 Å². The molecule has 2 amide bonds. The number of benzene rings is 2. The predicted octanol–water partition coefficient (Wildman–Crippen LogP) is 6.11. The number of carbonyl (C=O) groups excluding carboxylic acids is 2. The minimum absolute atomic E-state index is 0.172. The zero-order valence-electron chi connectivity index (χ0n) is 26.4. The van der Waals surface area contributed by atoms with Gasteiger partial charge in [-0.15, -0.1) is 0 Å². The second kappa shape index (κ2) is 13.4. The molecule has 238 valence electrons. The molecule has 10 heteroatoms. The van der Waals surface area contributed by atoms with Gasteiger partial charge < -0.3 is 20.6 Å². The molecule has 2 aromatic rings. The Hall–Kier alpha value is -2.65. The van der Waals surface area contributed by atoms with Gasteiger partial charge in [-0.2, -0.15) is 0 Å². The molecule has 2 fully saturated rings. The molecule has 3 aliphatic rings. The Morgan fingerprint density at radius 3 is 2.57 bits per heavy atom. The van der Waals surface area contributed by atoms with Crippen LogP contribution in [0.25, 0.3) is 0 Å². The topological polar surface area (TPSA) is 97.3 Å². The first-order valence-electron chi connectivity index (χ1n) is 15.8. The number of nitrogens with one attached hydrogen (secondary N) is 2. The molecular formula is C34H45Cl2N5O3. The van der Waals surface area contributed by atoms with E-state index in [2.05, 4.69) is 50.2 Å². The molecule has 5 atom stereocenters.